The molecule has 1 aliphatic heterocycles. The van der Waals surface area contributed by atoms with Crippen LogP contribution in [0.25, 0.3) is 0 Å². The van der Waals surface area contributed by atoms with Crippen molar-refractivity contribution in [1.82, 2.24) is 0 Å². The van der Waals surface area contributed by atoms with Gasteiger partial charge in [0.1, 0.15) is 11.9 Å². The number of ether oxygens (including phenoxy) is 1. The van der Waals surface area contributed by atoms with E-state index in [0.717, 1.165) is 18.8 Å². The van der Waals surface area contributed by atoms with Gasteiger partial charge in [-0.2, -0.15) is 0 Å². The lowest BCUT2D eigenvalue weighted by Gasteiger charge is -2.26. The molecule has 1 atom stereocenters. The molecule has 1 saturated carbocycles. The van der Waals surface area contributed by atoms with Crippen molar-refractivity contribution in [1.29, 1.82) is 0 Å². The molecule has 13 heavy (non-hydrogen) atoms. The Morgan fingerprint density at radius 1 is 1.31 bits per heavy atom. The molecule has 0 aromatic heterocycles. The molecule has 1 fully saturated rings. The predicted octanol–water partition coefficient (Wildman–Crippen LogP) is 2.23. The standard InChI is InChI=1S/C11H18O2/c12-11(10-7-4-8-13-10)9-5-2-1-3-6-9/h7,9,11-12H,1-6,8H2. The molecule has 0 bridgehead atoms. The summed E-state index contributed by atoms with van der Waals surface area (Å²) in [5.41, 5.74) is 0. The molecule has 1 aliphatic carbocycles. The van der Waals surface area contributed by atoms with Crippen molar-refractivity contribution in [2.75, 3.05) is 6.61 Å². The number of hydrogen-bond donors (Lipinski definition) is 1. The first-order chi connectivity index (χ1) is 6.38. The molecular formula is C11H18O2. The highest BCUT2D eigenvalue weighted by Crippen LogP contribution is 2.30. The lowest BCUT2D eigenvalue weighted by atomic mass is 9.84. The van der Waals surface area contributed by atoms with Crippen molar-refractivity contribution in [2.24, 2.45) is 5.92 Å². The second kappa shape index (κ2) is 4.14. The molecule has 0 amide bonds. The van der Waals surface area contributed by atoms with E-state index in [4.69, 9.17) is 4.74 Å². The summed E-state index contributed by atoms with van der Waals surface area (Å²) in [5.74, 6) is 1.30. The largest absolute Gasteiger partial charge is 0.495 e. The second-order valence-corrected chi connectivity index (χ2v) is 4.09. The fourth-order valence-electron chi connectivity index (χ4n) is 2.33. The van der Waals surface area contributed by atoms with Crippen molar-refractivity contribution in [2.45, 2.75) is 44.6 Å². The number of rotatable bonds is 2. The Labute approximate surface area is 79.6 Å². The monoisotopic (exact) mass is 182 g/mol. The molecule has 1 heterocycles. The van der Waals surface area contributed by atoms with Crippen LogP contribution in [0, 0.1) is 5.92 Å². The summed E-state index contributed by atoms with van der Waals surface area (Å²) in [6.07, 6.45) is 8.91. The van der Waals surface area contributed by atoms with Crippen molar-refractivity contribution in [3.8, 4) is 0 Å². The van der Waals surface area contributed by atoms with Gasteiger partial charge in [-0.05, 0) is 24.8 Å². The van der Waals surface area contributed by atoms with E-state index >= 15 is 0 Å². The fourth-order valence-corrected chi connectivity index (χ4v) is 2.33. The summed E-state index contributed by atoms with van der Waals surface area (Å²) in [4.78, 5) is 0. The van der Waals surface area contributed by atoms with Crippen LogP contribution >= 0.6 is 0 Å². The third kappa shape index (κ3) is 2.05. The predicted molar refractivity (Wildman–Crippen MR) is 51.2 cm³/mol. The van der Waals surface area contributed by atoms with Crippen molar-refractivity contribution < 1.29 is 9.84 Å². The molecule has 0 spiro atoms. The SMILES string of the molecule is OC(C1=CCCO1)C1CCCCC1. The Morgan fingerprint density at radius 3 is 2.69 bits per heavy atom. The van der Waals surface area contributed by atoms with Gasteiger partial charge >= 0.3 is 0 Å². The number of hydrogen-bond acceptors (Lipinski definition) is 2. The molecule has 2 heteroatoms. The van der Waals surface area contributed by atoms with Crippen LogP contribution in [0.5, 0.6) is 0 Å². The zero-order valence-electron chi connectivity index (χ0n) is 8.04. The quantitative estimate of drug-likeness (QED) is 0.709. The Morgan fingerprint density at radius 2 is 2.08 bits per heavy atom. The Kier molecular flexibility index (Phi) is 2.89. The summed E-state index contributed by atoms with van der Waals surface area (Å²) in [5, 5.41) is 9.98. The molecule has 0 aromatic rings. The van der Waals surface area contributed by atoms with Crippen LogP contribution in [-0.2, 0) is 4.74 Å². The second-order valence-electron chi connectivity index (χ2n) is 4.09. The van der Waals surface area contributed by atoms with Crippen LogP contribution in [0.3, 0.4) is 0 Å². The van der Waals surface area contributed by atoms with Gasteiger partial charge < -0.3 is 9.84 Å². The first kappa shape index (κ1) is 9.07. The molecule has 0 saturated heterocycles. The molecule has 2 rings (SSSR count). The van der Waals surface area contributed by atoms with E-state index in [1.165, 1.54) is 32.1 Å². The molecular weight excluding hydrogens is 164 g/mol. The summed E-state index contributed by atoms with van der Waals surface area (Å²) >= 11 is 0. The zero-order valence-corrected chi connectivity index (χ0v) is 8.04. The van der Waals surface area contributed by atoms with Crippen LogP contribution in [-0.4, -0.2) is 17.8 Å². The summed E-state index contributed by atoms with van der Waals surface area (Å²) in [7, 11) is 0. The van der Waals surface area contributed by atoms with Gasteiger partial charge in [-0.3, -0.25) is 0 Å². The lowest BCUT2D eigenvalue weighted by Crippen LogP contribution is -2.25. The van der Waals surface area contributed by atoms with Crippen molar-refractivity contribution in [3.05, 3.63) is 11.8 Å². The minimum atomic E-state index is -0.317. The Hall–Kier alpha value is -0.500. The maximum atomic E-state index is 9.98. The van der Waals surface area contributed by atoms with Gasteiger partial charge in [0.2, 0.25) is 0 Å². The van der Waals surface area contributed by atoms with Crippen molar-refractivity contribution in [3.63, 3.8) is 0 Å². The smallest absolute Gasteiger partial charge is 0.121 e. The third-order valence-electron chi connectivity index (χ3n) is 3.12. The van der Waals surface area contributed by atoms with E-state index < -0.39 is 0 Å². The molecule has 2 aliphatic rings. The molecule has 0 aromatic carbocycles. The average Bonchev–Trinajstić information content (AvgIpc) is 2.71. The van der Waals surface area contributed by atoms with Crippen LogP contribution in [0.1, 0.15) is 38.5 Å². The van der Waals surface area contributed by atoms with E-state index in [2.05, 4.69) is 0 Å². The van der Waals surface area contributed by atoms with Crippen LogP contribution in [0.2, 0.25) is 0 Å². The maximum absolute atomic E-state index is 9.98. The summed E-state index contributed by atoms with van der Waals surface area (Å²) < 4.78 is 5.38. The van der Waals surface area contributed by atoms with Crippen LogP contribution in [0.4, 0.5) is 0 Å². The molecule has 1 N–H and O–H groups in total. The van der Waals surface area contributed by atoms with Crippen LogP contribution in [0.15, 0.2) is 11.8 Å². The number of aliphatic hydroxyl groups excluding tert-OH is 1. The van der Waals surface area contributed by atoms with Gasteiger partial charge in [-0.25, -0.2) is 0 Å². The first-order valence-electron chi connectivity index (χ1n) is 5.39. The van der Waals surface area contributed by atoms with Gasteiger partial charge in [-0.1, -0.05) is 19.3 Å². The zero-order chi connectivity index (χ0) is 9.10. The molecule has 0 radical (unpaired) electrons. The van der Waals surface area contributed by atoms with Crippen LogP contribution < -0.4 is 0 Å². The van der Waals surface area contributed by atoms with E-state index in [9.17, 15) is 5.11 Å². The Bertz CT molecular complexity index is 192. The van der Waals surface area contributed by atoms with E-state index in [1.807, 2.05) is 6.08 Å². The minimum Gasteiger partial charge on any atom is -0.495 e. The van der Waals surface area contributed by atoms with Gasteiger partial charge in [0, 0.05) is 6.42 Å². The lowest BCUT2D eigenvalue weighted by molar-refractivity contribution is 0.0588. The fraction of sp³-hybridized carbons (Fsp3) is 0.818. The highest BCUT2D eigenvalue weighted by Gasteiger charge is 2.26. The minimum absolute atomic E-state index is 0.317. The Balaban J connectivity index is 1.90. The maximum Gasteiger partial charge on any atom is 0.121 e. The van der Waals surface area contributed by atoms with Gasteiger partial charge in [0.25, 0.3) is 0 Å². The molecule has 2 nitrogen and oxygen atoms in total. The highest BCUT2D eigenvalue weighted by molar-refractivity contribution is 5.05. The van der Waals surface area contributed by atoms with Gasteiger partial charge in [0.05, 0.1) is 6.61 Å². The first-order valence-corrected chi connectivity index (χ1v) is 5.39. The third-order valence-corrected chi connectivity index (χ3v) is 3.12. The van der Waals surface area contributed by atoms with Gasteiger partial charge in [-0.15, -0.1) is 0 Å². The highest BCUT2D eigenvalue weighted by atomic mass is 16.5. The van der Waals surface area contributed by atoms with Crippen molar-refractivity contribution >= 4 is 0 Å². The molecule has 1 unspecified atom stereocenters. The topological polar surface area (TPSA) is 29.5 Å². The van der Waals surface area contributed by atoms with E-state index in [0.29, 0.717) is 5.92 Å². The van der Waals surface area contributed by atoms with Gasteiger partial charge in [0.15, 0.2) is 0 Å². The summed E-state index contributed by atoms with van der Waals surface area (Å²) in [6.45, 7) is 0.763. The van der Waals surface area contributed by atoms with E-state index in [-0.39, 0.29) is 6.10 Å². The normalized spacial score (nSPS) is 26.7. The van der Waals surface area contributed by atoms with E-state index in [1.54, 1.807) is 0 Å². The average molecular weight is 182 g/mol. The molecule has 74 valence electrons. The summed E-state index contributed by atoms with van der Waals surface area (Å²) in [6, 6.07) is 0. The number of aliphatic hydroxyl groups is 1.